The standard InChI is InChI=1S/C21H18ClN3O3/c1-26-18-9-8-14(19(27-2)20(18)28-3)17-10-15(16(11-23)21(24)25-17)12-4-6-13(22)7-5-12/h4-10H,1-3H3,(H2,24,25). The first kappa shape index (κ1) is 19.3. The largest absolute Gasteiger partial charge is 0.493 e. The highest BCUT2D eigenvalue weighted by Gasteiger charge is 2.20. The maximum absolute atomic E-state index is 9.57. The van der Waals surface area contributed by atoms with Crippen LogP contribution in [0.2, 0.25) is 5.02 Å². The lowest BCUT2D eigenvalue weighted by molar-refractivity contribution is 0.325. The van der Waals surface area contributed by atoms with Crippen LogP contribution in [0.25, 0.3) is 22.4 Å². The SMILES string of the molecule is COc1ccc(-c2cc(-c3ccc(Cl)cc3)c(C#N)c(N)n2)c(OC)c1OC. The van der Waals surface area contributed by atoms with Crippen molar-refractivity contribution in [1.29, 1.82) is 5.26 Å². The summed E-state index contributed by atoms with van der Waals surface area (Å²) >= 11 is 5.99. The van der Waals surface area contributed by atoms with Crippen LogP contribution < -0.4 is 19.9 Å². The van der Waals surface area contributed by atoms with E-state index in [4.69, 9.17) is 31.5 Å². The Morgan fingerprint density at radius 2 is 1.61 bits per heavy atom. The minimum atomic E-state index is 0.127. The van der Waals surface area contributed by atoms with Crippen LogP contribution in [0.3, 0.4) is 0 Å². The molecule has 0 spiro atoms. The van der Waals surface area contributed by atoms with Crippen LogP contribution >= 0.6 is 11.6 Å². The summed E-state index contributed by atoms with van der Waals surface area (Å²) in [5.41, 5.74) is 9.05. The van der Waals surface area contributed by atoms with E-state index in [1.54, 1.807) is 37.4 Å². The van der Waals surface area contributed by atoms with Gasteiger partial charge in [-0.3, -0.25) is 0 Å². The summed E-state index contributed by atoms with van der Waals surface area (Å²) in [7, 11) is 4.62. The van der Waals surface area contributed by atoms with Crippen LogP contribution in [0.1, 0.15) is 5.56 Å². The lowest BCUT2D eigenvalue weighted by Gasteiger charge is -2.17. The highest BCUT2D eigenvalue weighted by atomic mass is 35.5. The van der Waals surface area contributed by atoms with Gasteiger partial charge in [-0.1, -0.05) is 23.7 Å². The zero-order chi connectivity index (χ0) is 20.3. The molecule has 3 rings (SSSR count). The minimum absolute atomic E-state index is 0.127. The predicted molar refractivity (Wildman–Crippen MR) is 109 cm³/mol. The summed E-state index contributed by atoms with van der Waals surface area (Å²) in [5.74, 6) is 1.56. The highest BCUT2D eigenvalue weighted by molar-refractivity contribution is 6.30. The number of pyridine rings is 1. The molecule has 0 radical (unpaired) electrons. The molecule has 28 heavy (non-hydrogen) atoms. The van der Waals surface area contributed by atoms with E-state index in [9.17, 15) is 5.26 Å². The molecule has 0 aliphatic heterocycles. The number of rotatable bonds is 5. The van der Waals surface area contributed by atoms with Gasteiger partial charge in [0.05, 0.1) is 27.0 Å². The maximum Gasteiger partial charge on any atom is 0.203 e. The number of hydrogen-bond acceptors (Lipinski definition) is 6. The quantitative estimate of drug-likeness (QED) is 0.681. The van der Waals surface area contributed by atoms with Crippen LogP contribution in [0, 0.1) is 11.3 Å². The zero-order valence-corrected chi connectivity index (χ0v) is 16.4. The number of nitriles is 1. The molecule has 7 heteroatoms. The van der Waals surface area contributed by atoms with Gasteiger partial charge in [0, 0.05) is 16.1 Å². The molecule has 0 amide bonds. The number of anilines is 1. The fourth-order valence-corrected chi connectivity index (χ4v) is 3.11. The molecule has 0 bridgehead atoms. The lowest BCUT2D eigenvalue weighted by Crippen LogP contribution is -2.02. The van der Waals surface area contributed by atoms with Gasteiger partial charge >= 0.3 is 0 Å². The zero-order valence-electron chi connectivity index (χ0n) is 15.6. The molecule has 3 aromatic rings. The van der Waals surface area contributed by atoms with E-state index >= 15 is 0 Å². The number of halogens is 1. The second kappa shape index (κ2) is 8.07. The Morgan fingerprint density at radius 3 is 2.18 bits per heavy atom. The Hall–Kier alpha value is -3.43. The van der Waals surface area contributed by atoms with Crippen molar-refractivity contribution >= 4 is 17.4 Å². The van der Waals surface area contributed by atoms with Crippen molar-refractivity contribution in [2.45, 2.75) is 0 Å². The molecule has 6 nitrogen and oxygen atoms in total. The molecule has 0 aliphatic carbocycles. The van der Waals surface area contributed by atoms with E-state index in [0.717, 1.165) is 5.56 Å². The Morgan fingerprint density at radius 1 is 0.929 bits per heavy atom. The van der Waals surface area contributed by atoms with Crippen molar-refractivity contribution in [3.05, 3.63) is 53.1 Å². The maximum atomic E-state index is 9.57. The van der Waals surface area contributed by atoms with Crippen molar-refractivity contribution in [2.24, 2.45) is 0 Å². The predicted octanol–water partition coefficient (Wildman–Crippen LogP) is 4.55. The normalized spacial score (nSPS) is 10.2. The lowest BCUT2D eigenvalue weighted by atomic mass is 9.98. The Kier molecular flexibility index (Phi) is 5.57. The topological polar surface area (TPSA) is 90.4 Å². The number of aromatic nitrogens is 1. The summed E-state index contributed by atoms with van der Waals surface area (Å²) < 4.78 is 16.3. The van der Waals surface area contributed by atoms with Crippen LogP contribution in [-0.4, -0.2) is 26.3 Å². The van der Waals surface area contributed by atoms with Gasteiger partial charge in [0.25, 0.3) is 0 Å². The molecular weight excluding hydrogens is 378 g/mol. The van der Waals surface area contributed by atoms with E-state index in [0.29, 0.717) is 44.7 Å². The van der Waals surface area contributed by atoms with E-state index in [-0.39, 0.29) is 5.82 Å². The van der Waals surface area contributed by atoms with E-state index in [2.05, 4.69) is 11.1 Å². The van der Waals surface area contributed by atoms with Gasteiger partial charge in [-0.15, -0.1) is 0 Å². The average Bonchev–Trinajstić information content (AvgIpc) is 2.72. The second-order valence-electron chi connectivity index (χ2n) is 5.82. The molecule has 1 aromatic heterocycles. The van der Waals surface area contributed by atoms with Crippen molar-refractivity contribution in [3.8, 4) is 45.7 Å². The summed E-state index contributed by atoms with van der Waals surface area (Å²) in [6.45, 7) is 0. The number of ether oxygens (including phenoxy) is 3. The monoisotopic (exact) mass is 395 g/mol. The molecule has 2 aromatic carbocycles. The molecule has 0 saturated heterocycles. The van der Waals surface area contributed by atoms with Crippen LogP contribution in [0.15, 0.2) is 42.5 Å². The van der Waals surface area contributed by atoms with Gasteiger partial charge < -0.3 is 19.9 Å². The van der Waals surface area contributed by atoms with Crippen molar-refractivity contribution in [3.63, 3.8) is 0 Å². The minimum Gasteiger partial charge on any atom is -0.493 e. The van der Waals surface area contributed by atoms with Gasteiger partial charge in [-0.2, -0.15) is 5.26 Å². The van der Waals surface area contributed by atoms with E-state index < -0.39 is 0 Å². The molecule has 0 saturated carbocycles. The van der Waals surface area contributed by atoms with E-state index in [1.165, 1.54) is 14.2 Å². The molecule has 0 atom stereocenters. The van der Waals surface area contributed by atoms with Gasteiger partial charge in [0.15, 0.2) is 11.5 Å². The van der Waals surface area contributed by atoms with Crippen molar-refractivity contribution in [1.82, 2.24) is 4.98 Å². The van der Waals surface area contributed by atoms with Gasteiger partial charge in [-0.05, 0) is 35.9 Å². The van der Waals surface area contributed by atoms with E-state index in [1.807, 2.05) is 12.1 Å². The third-order valence-electron chi connectivity index (χ3n) is 4.29. The third-order valence-corrected chi connectivity index (χ3v) is 4.55. The van der Waals surface area contributed by atoms with Crippen molar-refractivity contribution < 1.29 is 14.2 Å². The fraction of sp³-hybridized carbons (Fsp3) is 0.143. The molecular formula is C21H18ClN3O3. The first-order valence-electron chi connectivity index (χ1n) is 8.29. The summed E-state index contributed by atoms with van der Waals surface area (Å²) in [4.78, 5) is 4.41. The molecule has 0 fully saturated rings. The number of hydrogen-bond donors (Lipinski definition) is 1. The van der Waals surface area contributed by atoms with Gasteiger partial charge in [0.2, 0.25) is 5.75 Å². The third kappa shape index (κ3) is 3.40. The summed E-state index contributed by atoms with van der Waals surface area (Å²) in [6, 6.07) is 14.7. The number of nitrogen functional groups attached to an aromatic ring is 1. The number of nitrogens with two attached hydrogens (primary N) is 1. The van der Waals surface area contributed by atoms with Gasteiger partial charge in [0.1, 0.15) is 17.5 Å². The molecule has 0 unspecified atom stereocenters. The first-order valence-corrected chi connectivity index (χ1v) is 8.67. The smallest absolute Gasteiger partial charge is 0.203 e. The van der Waals surface area contributed by atoms with Crippen molar-refractivity contribution in [2.75, 3.05) is 27.1 Å². The van der Waals surface area contributed by atoms with Gasteiger partial charge in [-0.25, -0.2) is 4.98 Å². The molecule has 1 heterocycles. The molecule has 142 valence electrons. The van der Waals surface area contributed by atoms with Crippen LogP contribution in [0.5, 0.6) is 17.2 Å². The highest BCUT2D eigenvalue weighted by Crippen LogP contribution is 2.44. The second-order valence-corrected chi connectivity index (χ2v) is 6.25. The van der Waals surface area contributed by atoms with Crippen LogP contribution in [0.4, 0.5) is 5.82 Å². The van der Waals surface area contributed by atoms with Crippen LogP contribution in [-0.2, 0) is 0 Å². The molecule has 0 aliphatic rings. The number of benzene rings is 2. The average molecular weight is 396 g/mol. The number of nitrogens with zero attached hydrogens (tertiary/aromatic N) is 2. The summed E-state index contributed by atoms with van der Waals surface area (Å²) in [5, 5.41) is 10.2. The Bertz CT molecular complexity index is 1060. The number of methoxy groups -OCH3 is 3. The first-order chi connectivity index (χ1) is 13.5. The Labute approximate surface area is 168 Å². The fourth-order valence-electron chi connectivity index (χ4n) is 2.98. The molecule has 2 N–H and O–H groups in total. The Balaban J connectivity index is 2.27. The summed E-state index contributed by atoms with van der Waals surface area (Å²) in [6.07, 6.45) is 0.